The third-order valence-corrected chi connectivity index (χ3v) is 4.71. The predicted octanol–water partition coefficient (Wildman–Crippen LogP) is 3.10. The minimum Gasteiger partial charge on any atom is -0.393 e. The van der Waals surface area contributed by atoms with E-state index in [0.717, 1.165) is 4.47 Å². The first kappa shape index (κ1) is 15.4. The van der Waals surface area contributed by atoms with Crippen LogP contribution in [-0.4, -0.2) is 17.1 Å². The Kier molecular flexibility index (Phi) is 3.95. The van der Waals surface area contributed by atoms with E-state index in [-0.39, 0.29) is 11.7 Å². The molecule has 3 nitrogen and oxygen atoms in total. The number of carbonyl (C=O) groups excluding carboxylic acids is 1. The summed E-state index contributed by atoms with van der Waals surface area (Å²) in [7, 11) is 0. The predicted molar refractivity (Wildman–Crippen MR) is 78.6 cm³/mol. The molecule has 110 valence electrons. The van der Waals surface area contributed by atoms with Crippen molar-refractivity contribution >= 4 is 21.8 Å². The lowest BCUT2D eigenvalue weighted by atomic mass is 9.70. The quantitative estimate of drug-likeness (QED) is 0.866. The highest BCUT2D eigenvalue weighted by Crippen LogP contribution is 2.53. The van der Waals surface area contributed by atoms with Crippen molar-refractivity contribution in [2.75, 3.05) is 0 Å². The zero-order chi connectivity index (χ0) is 15.1. The van der Waals surface area contributed by atoms with Crippen LogP contribution in [0.4, 0.5) is 4.39 Å². The summed E-state index contributed by atoms with van der Waals surface area (Å²) in [5, 5.41) is 12.9. The van der Waals surface area contributed by atoms with Crippen LogP contribution in [0.1, 0.15) is 39.2 Å². The van der Waals surface area contributed by atoms with E-state index in [9.17, 15) is 14.3 Å². The standard InChI is InChI=1S/C15H19BrFNO2/c1-9(19)18-15(8-11(20)7-14(15,2)3)12-6-10(16)4-5-13(12)17/h4-6,11,20H,7-8H2,1-3H3,(H,18,19)/t11?,15-/m1/s1. The van der Waals surface area contributed by atoms with E-state index in [4.69, 9.17) is 0 Å². The minimum absolute atomic E-state index is 0.230. The summed E-state index contributed by atoms with van der Waals surface area (Å²) in [6.07, 6.45) is 0.266. The SMILES string of the molecule is CC(=O)N[C@@]1(c2cc(Br)ccc2F)CC(O)CC1(C)C. The molecule has 0 heterocycles. The molecule has 0 radical (unpaired) electrons. The van der Waals surface area contributed by atoms with Gasteiger partial charge in [-0.2, -0.15) is 0 Å². The van der Waals surface area contributed by atoms with Crippen LogP contribution in [0.3, 0.4) is 0 Å². The molecule has 1 aliphatic carbocycles. The van der Waals surface area contributed by atoms with Crippen LogP contribution in [0.15, 0.2) is 22.7 Å². The smallest absolute Gasteiger partial charge is 0.217 e. The number of carbonyl (C=O) groups is 1. The minimum atomic E-state index is -0.897. The highest BCUT2D eigenvalue weighted by atomic mass is 79.9. The first-order chi connectivity index (χ1) is 9.18. The Morgan fingerprint density at radius 3 is 2.60 bits per heavy atom. The third kappa shape index (κ3) is 2.49. The summed E-state index contributed by atoms with van der Waals surface area (Å²) in [4.78, 5) is 11.6. The van der Waals surface area contributed by atoms with Crippen molar-refractivity contribution in [3.05, 3.63) is 34.1 Å². The third-order valence-electron chi connectivity index (χ3n) is 4.22. The zero-order valence-electron chi connectivity index (χ0n) is 11.8. The van der Waals surface area contributed by atoms with Gasteiger partial charge in [-0.1, -0.05) is 29.8 Å². The van der Waals surface area contributed by atoms with Gasteiger partial charge in [-0.3, -0.25) is 4.79 Å². The molecule has 0 spiro atoms. The molecule has 1 aliphatic rings. The van der Waals surface area contributed by atoms with Gasteiger partial charge in [-0.15, -0.1) is 0 Å². The Morgan fingerprint density at radius 1 is 1.45 bits per heavy atom. The Hall–Kier alpha value is -0.940. The molecular weight excluding hydrogens is 325 g/mol. The van der Waals surface area contributed by atoms with Crippen molar-refractivity contribution in [3.63, 3.8) is 0 Å². The fourth-order valence-electron chi connectivity index (χ4n) is 3.35. The molecule has 1 unspecified atom stereocenters. The fourth-order valence-corrected chi connectivity index (χ4v) is 3.71. The van der Waals surface area contributed by atoms with Gasteiger partial charge in [-0.05, 0) is 30.0 Å². The van der Waals surface area contributed by atoms with Crippen molar-refractivity contribution in [1.29, 1.82) is 0 Å². The molecule has 1 aromatic rings. The number of aliphatic hydroxyl groups is 1. The maximum absolute atomic E-state index is 14.3. The highest BCUT2D eigenvalue weighted by molar-refractivity contribution is 9.10. The summed E-state index contributed by atoms with van der Waals surface area (Å²) >= 11 is 3.34. The average molecular weight is 344 g/mol. The van der Waals surface area contributed by atoms with E-state index in [1.165, 1.54) is 13.0 Å². The van der Waals surface area contributed by atoms with Gasteiger partial charge >= 0.3 is 0 Å². The summed E-state index contributed by atoms with van der Waals surface area (Å²) in [5.41, 5.74) is -0.921. The van der Waals surface area contributed by atoms with Crippen LogP contribution in [0.5, 0.6) is 0 Å². The number of hydrogen-bond acceptors (Lipinski definition) is 2. The topological polar surface area (TPSA) is 49.3 Å². The van der Waals surface area contributed by atoms with Crippen LogP contribution in [0.25, 0.3) is 0 Å². The number of aliphatic hydroxyl groups excluding tert-OH is 1. The van der Waals surface area contributed by atoms with Gasteiger partial charge < -0.3 is 10.4 Å². The maximum atomic E-state index is 14.3. The molecule has 1 aromatic carbocycles. The summed E-state index contributed by atoms with van der Waals surface area (Å²) < 4.78 is 15.1. The molecule has 2 rings (SSSR count). The van der Waals surface area contributed by atoms with Crippen molar-refractivity contribution in [2.24, 2.45) is 5.41 Å². The lowest BCUT2D eigenvalue weighted by Gasteiger charge is -2.42. The second kappa shape index (κ2) is 5.11. The van der Waals surface area contributed by atoms with E-state index in [1.807, 2.05) is 13.8 Å². The fraction of sp³-hybridized carbons (Fsp3) is 0.533. The van der Waals surface area contributed by atoms with E-state index in [1.54, 1.807) is 12.1 Å². The number of benzene rings is 1. The summed E-state index contributed by atoms with van der Waals surface area (Å²) in [6, 6.07) is 4.69. The number of amides is 1. The Morgan fingerprint density at radius 2 is 2.10 bits per heavy atom. The van der Waals surface area contributed by atoms with Crippen molar-refractivity contribution in [2.45, 2.75) is 45.3 Å². The number of nitrogens with one attached hydrogen (secondary N) is 1. The van der Waals surface area contributed by atoms with Crippen LogP contribution in [-0.2, 0) is 10.3 Å². The normalized spacial score (nSPS) is 28.4. The van der Waals surface area contributed by atoms with Crippen molar-refractivity contribution in [3.8, 4) is 0 Å². The Balaban J connectivity index is 2.64. The van der Waals surface area contributed by atoms with E-state index >= 15 is 0 Å². The second-order valence-electron chi connectivity index (χ2n) is 6.16. The maximum Gasteiger partial charge on any atom is 0.217 e. The Labute approximate surface area is 126 Å². The molecule has 2 atom stereocenters. The van der Waals surface area contributed by atoms with Gasteiger partial charge in [0.2, 0.25) is 5.91 Å². The van der Waals surface area contributed by atoms with Crippen LogP contribution < -0.4 is 5.32 Å². The largest absolute Gasteiger partial charge is 0.393 e. The van der Waals surface area contributed by atoms with Crippen molar-refractivity contribution in [1.82, 2.24) is 5.32 Å². The van der Waals surface area contributed by atoms with Gasteiger partial charge in [0.05, 0.1) is 11.6 Å². The molecule has 5 heteroatoms. The first-order valence-electron chi connectivity index (χ1n) is 6.60. The first-order valence-corrected chi connectivity index (χ1v) is 7.39. The van der Waals surface area contributed by atoms with E-state index < -0.39 is 17.1 Å². The zero-order valence-corrected chi connectivity index (χ0v) is 13.4. The van der Waals surface area contributed by atoms with Gasteiger partial charge in [0.15, 0.2) is 0 Å². The van der Waals surface area contributed by atoms with Gasteiger partial charge in [0, 0.05) is 23.4 Å². The van der Waals surface area contributed by atoms with Crippen LogP contribution >= 0.6 is 15.9 Å². The monoisotopic (exact) mass is 343 g/mol. The molecule has 1 amide bonds. The highest BCUT2D eigenvalue weighted by Gasteiger charge is 2.55. The number of halogens is 2. The summed E-state index contributed by atoms with van der Waals surface area (Å²) in [6.45, 7) is 5.30. The van der Waals surface area contributed by atoms with Crippen LogP contribution in [0, 0.1) is 11.2 Å². The summed E-state index contributed by atoms with van der Waals surface area (Å²) in [5.74, 6) is -0.601. The molecule has 0 bridgehead atoms. The molecular formula is C15H19BrFNO2. The second-order valence-corrected chi connectivity index (χ2v) is 7.07. The molecule has 0 aliphatic heterocycles. The van der Waals surface area contributed by atoms with Crippen molar-refractivity contribution < 1.29 is 14.3 Å². The Bertz CT molecular complexity index is 547. The molecule has 20 heavy (non-hydrogen) atoms. The number of hydrogen-bond donors (Lipinski definition) is 2. The lowest BCUT2D eigenvalue weighted by Crippen LogP contribution is -2.52. The van der Waals surface area contributed by atoms with Gasteiger partial charge in [-0.25, -0.2) is 4.39 Å². The van der Waals surface area contributed by atoms with Gasteiger partial charge in [0.1, 0.15) is 5.82 Å². The molecule has 0 aromatic heterocycles. The molecule has 2 N–H and O–H groups in total. The van der Waals surface area contributed by atoms with Gasteiger partial charge in [0.25, 0.3) is 0 Å². The molecule has 1 fully saturated rings. The average Bonchev–Trinajstić information content (AvgIpc) is 2.51. The van der Waals surface area contributed by atoms with E-state index in [2.05, 4.69) is 21.2 Å². The van der Waals surface area contributed by atoms with Crippen LogP contribution in [0.2, 0.25) is 0 Å². The molecule has 0 saturated heterocycles. The molecule has 1 saturated carbocycles. The van der Waals surface area contributed by atoms with E-state index in [0.29, 0.717) is 18.4 Å². The number of rotatable bonds is 2. The lowest BCUT2D eigenvalue weighted by molar-refractivity contribution is -0.122.